The summed E-state index contributed by atoms with van der Waals surface area (Å²) in [7, 11) is 3.79. The number of benzene rings is 3. The van der Waals surface area contributed by atoms with E-state index in [1.807, 2.05) is 31.1 Å². The number of carboxylic acid groups (broad SMARTS) is 2. The second-order valence-electron chi connectivity index (χ2n) is 9.17. The second-order valence-corrected chi connectivity index (χ2v) is 9.17. The van der Waals surface area contributed by atoms with E-state index in [9.17, 15) is 29.4 Å². The number of hydrogen-bond donors (Lipinski definition) is 3. The zero-order valence-electron chi connectivity index (χ0n) is 21.5. The number of carbonyl (C=O) groups excluding carboxylic acids is 1. The number of aromatic carboxylic acids is 2. The minimum absolute atomic E-state index is 0.0366. The number of carboxylic acids is 2. The maximum Gasteiger partial charge on any atom is 0.335 e. The van der Waals surface area contributed by atoms with Crippen molar-refractivity contribution in [2.45, 2.75) is 0 Å². The molecule has 0 fully saturated rings. The molecule has 5 rings (SSSR count). The molecule has 4 aromatic rings. The fraction of sp³-hybridized carbons (Fsp3) is 0.0690. The van der Waals surface area contributed by atoms with Crippen LogP contribution in [0.2, 0.25) is 0 Å². The third kappa shape index (κ3) is 4.45. The molecule has 0 aliphatic carbocycles. The van der Waals surface area contributed by atoms with Crippen molar-refractivity contribution in [1.82, 2.24) is 9.78 Å². The summed E-state index contributed by atoms with van der Waals surface area (Å²) >= 11 is 0. The molecular formula is C29H23N5O6. The molecule has 0 saturated carbocycles. The summed E-state index contributed by atoms with van der Waals surface area (Å²) in [6, 6.07) is 18.5. The zero-order valence-corrected chi connectivity index (χ0v) is 21.5. The van der Waals surface area contributed by atoms with Crippen LogP contribution in [0, 0.1) is 0 Å². The lowest BCUT2D eigenvalue weighted by Crippen LogP contribution is -2.39. The maximum atomic E-state index is 13.9. The Morgan fingerprint density at radius 3 is 2.12 bits per heavy atom. The smallest absolute Gasteiger partial charge is 0.335 e. The van der Waals surface area contributed by atoms with Crippen molar-refractivity contribution in [1.29, 1.82) is 0 Å². The van der Waals surface area contributed by atoms with Crippen LogP contribution in [0.15, 0.2) is 89.2 Å². The van der Waals surface area contributed by atoms with Gasteiger partial charge in [0.25, 0.3) is 11.5 Å². The van der Waals surface area contributed by atoms with Crippen LogP contribution in [0.1, 0.15) is 26.3 Å². The van der Waals surface area contributed by atoms with Crippen LogP contribution in [0.5, 0.6) is 0 Å². The first-order valence-corrected chi connectivity index (χ1v) is 12.0. The summed E-state index contributed by atoms with van der Waals surface area (Å²) in [4.78, 5) is 58.2. The molecule has 11 heteroatoms. The van der Waals surface area contributed by atoms with Crippen molar-refractivity contribution in [2.75, 3.05) is 23.9 Å². The van der Waals surface area contributed by atoms with Gasteiger partial charge in [-0.3, -0.25) is 19.6 Å². The first kappa shape index (κ1) is 25.9. The lowest BCUT2D eigenvalue weighted by molar-refractivity contribution is -0.111. The molecule has 200 valence electrons. The zero-order chi connectivity index (χ0) is 28.7. The van der Waals surface area contributed by atoms with Gasteiger partial charge in [-0.05, 0) is 66.7 Å². The lowest BCUT2D eigenvalue weighted by atomic mass is 9.98. The summed E-state index contributed by atoms with van der Waals surface area (Å²) in [5.74, 6) is -2.85. The number of nitrogens with zero attached hydrogens (tertiary/aromatic N) is 4. The molecule has 2 heterocycles. The number of nitrogens with one attached hydrogen (secondary N) is 1. The Morgan fingerprint density at radius 2 is 1.52 bits per heavy atom. The molecule has 0 spiro atoms. The summed E-state index contributed by atoms with van der Waals surface area (Å²) in [5.41, 5.74) is 1.39. The van der Waals surface area contributed by atoms with Gasteiger partial charge in [0.2, 0.25) is 0 Å². The van der Waals surface area contributed by atoms with E-state index in [4.69, 9.17) is 0 Å². The van der Waals surface area contributed by atoms with E-state index >= 15 is 0 Å². The van der Waals surface area contributed by atoms with E-state index in [-0.39, 0.29) is 39.5 Å². The molecule has 0 bridgehead atoms. The number of fused-ring (bicyclic) bond motifs is 1. The summed E-state index contributed by atoms with van der Waals surface area (Å²) < 4.78 is 1.16. The number of aromatic amines is 1. The SMILES string of the molecule is C=C1C(=Nc2ccc(N(C)C)cc2)C(=O)N(c2cccc(C(=O)O)c2)c2[nH]n(-c3ccc(C(=O)O)cc3)c(=O)c21. The van der Waals surface area contributed by atoms with E-state index in [2.05, 4.69) is 16.7 Å². The highest BCUT2D eigenvalue weighted by molar-refractivity contribution is 6.61. The Balaban J connectivity index is 1.70. The van der Waals surface area contributed by atoms with E-state index in [0.717, 1.165) is 10.4 Å². The largest absolute Gasteiger partial charge is 0.478 e. The van der Waals surface area contributed by atoms with Crippen molar-refractivity contribution in [3.05, 3.63) is 106 Å². The molecular weight excluding hydrogens is 514 g/mol. The topological polar surface area (TPSA) is 148 Å². The molecule has 11 nitrogen and oxygen atoms in total. The van der Waals surface area contributed by atoms with Crippen molar-refractivity contribution >= 4 is 52.0 Å². The Morgan fingerprint density at radius 1 is 0.875 bits per heavy atom. The van der Waals surface area contributed by atoms with Gasteiger partial charge in [-0.25, -0.2) is 19.3 Å². The molecule has 1 aliphatic heterocycles. The fourth-order valence-electron chi connectivity index (χ4n) is 4.34. The van der Waals surface area contributed by atoms with Crippen molar-refractivity contribution < 1.29 is 24.6 Å². The number of hydrogen-bond acceptors (Lipinski definition) is 6. The average molecular weight is 538 g/mol. The number of aromatic nitrogens is 2. The van der Waals surface area contributed by atoms with Crippen LogP contribution in [-0.4, -0.2) is 57.6 Å². The molecule has 0 atom stereocenters. The quantitative estimate of drug-likeness (QED) is 0.335. The van der Waals surface area contributed by atoms with Gasteiger partial charge in [0.1, 0.15) is 11.5 Å². The van der Waals surface area contributed by atoms with E-state index in [0.29, 0.717) is 11.4 Å². The number of anilines is 3. The molecule has 3 aromatic carbocycles. The highest BCUT2D eigenvalue weighted by Gasteiger charge is 2.38. The van der Waals surface area contributed by atoms with Crippen LogP contribution in [-0.2, 0) is 4.79 Å². The molecule has 1 aromatic heterocycles. The normalized spacial score (nSPS) is 13.8. The Kier molecular flexibility index (Phi) is 6.40. The monoisotopic (exact) mass is 537 g/mol. The first-order chi connectivity index (χ1) is 19.1. The van der Waals surface area contributed by atoms with Crippen LogP contribution < -0.4 is 15.4 Å². The molecule has 0 saturated heterocycles. The van der Waals surface area contributed by atoms with Crippen LogP contribution >= 0.6 is 0 Å². The number of rotatable bonds is 6. The van der Waals surface area contributed by atoms with Crippen molar-refractivity contribution in [2.24, 2.45) is 4.99 Å². The third-order valence-corrected chi connectivity index (χ3v) is 6.42. The predicted molar refractivity (Wildman–Crippen MR) is 151 cm³/mol. The summed E-state index contributed by atoms with van der Waals surface area (Å²) in [6.45, 7) is 4.02. The second kappa shape index (κ2) is 9.87. The Hall–Kier alpha value is -5.71. The Labute approximate surface area is 227 Å². The van der Waals surface area contributed by atoms with Crippen LogP contribution in [0.4, 0.5) is 22.9 Å². The van der Waals surface area contributed by atoms with Gasteiger partial charge >= 0.3 is 11.9 Å². The fourth-order valence-corrected chi connectivity index (χ4v) is 4.34. The molecule has 1 amide bonds. The molecule has 0 unspecified atom stereocenters. The summed E-state index contributed by atoms with van der Waals surface area (Å²) in [6.07, 6.45) is 0. The van der Waals surface area contributed by atoms with Gasteiger partial charge in [-0.15, -0.1) is 0 Å². The lowest BCUT2D eigenvalue weighted by Gasteiger charge is -2.28. The number of carbonyl (C=O) groups is 3. The highest BCUT2D eigenvalue weighted by atomic mass is 16.4. The van der Waals surface area contributed by atoms with E-state index in [1.54, 1.807) is 18.2 Å². The van der Waals surface area contributed by atoms with Gasteiger partial charge in [0.15, 0.2) is 0 Å². The van der Waals surface area contributed by atoms with Gasteiger partial charge in [-0.1, -0.05) is 12.6 Å². The Bertz CT molecular complexity index is 1780. The van der Waals surface area contributed by atoms with Crippen LogP contribution in [0.3, 0.4) is 0 Å². The van der Waals surface area contributed by atoms with Gasteiger partial charge in [0, 0.05) is 25.4 Å². The molecule has 0 radical (unpaired) electrons. The molecule has 3 N–H and O–H groups in total. The number of H-pyrrole nitrogens is 1. The van der Waals surface area contributed by atoms with Gasteiger partial charge < -0.3 is 15.1 Å². The molecule has 40 heavy (non-hydrogen) atoms. The van der Waals surface area contributed by atoms with Crippen LogP contribution in [0.25, 0.3) is 11.3 Å². The van der Waals surface area contributed by atoms with Gasteiger partial charge in [0.05, 0.1) is 33.8 Å². The number of amides is 1. The standard InChI is InChI=1S/C29H23N5O6/c1-16-23-25(31-34(26(23)35)21-11-7-17(8-12-21)28(37)38)33(22-6-4-5-18(15-22)29(39)40)27(36)24(16)30-19-9-13-20(14-10-19)32(2)3/h4-15,31H,1H2,2-3H3,(H,37,38)(H,39,40). The average Bonchev–Trinajstić information content (AvgIpc) is 3.28. The first-order valence-electron chi connectivity index (χ1n) is 12.0. The van der Waals surface area contributed by atoms with Gasteiger partial charge in [-0.2, -0.15) is 0 Å². The minimum atomic E-state index is -1.18. The predicted octanol–water partition coefficient (Wildman–Crippen LogP) is 4.09. The minimum Gasteiger partial charge on any atom is -0.478 e. The van der Waals surface area contributed by atoms with Crippen molar-refractivity contribution in [3.63, 3.8) is 0 Å². The highest BCUT2D eigenvalue weighted by Crippen LogP contribution is 2.37. The van der Waals surface area contributed by atoms with Crippen molar-refractivity contribution in [3.8, 4) is 5.69 Å². The molecule has 1 aliphatic rings. The number of aliphatic imine (C=N–C) groups is 1. The van der Waals surface area contributed by atoms with E-state index < -0.39 is 23.4 Å². The van der Waals surface area contributed by atoms with E-state index in [1.165, 1.54) is 47.4 Å². The summed E-state index contributed by atoms with van der Waals surface area (Å²) in [5, 5.41) is 21.7. The third-order valence-electron chi connectivity index (χ3n) is 6.42. The maximum absolute atomic E-state index is 13.9.